The minimum absolute atomic E-state index is 0.0349. The fourth-order valence-corrected chi connectivity index (χ4v) is 4.74. The maximum Gasteiger partial charge on any atom is 0.261 e. The molecule has 188 valence electrons. The Bertz CT molecular complexity index is 1340. The Morgan fingerprint density at radius 2 is 1.49 bits per heavy atom. The van der Waals surface area contributed by atoms with E-state index >= 15 is 0 Å². The van der Waals surface area contributed by atoms with E-state index in [1.807, 2.05) is 17.0 Å². The Kier molecular flexibility index (Phi) is 6.72. The first-order chi connectivity index (χ1) is 18.0. The lowest BCUT2D eigenvalue weighted by molar-refractivity contribution is 0.0641. The van der Waals surface area contributed by atoms with Crippen LogP contribution in [0.2, 0.25) is 0 Å². The fraction of sp³-hybridized carbons (Fsp3) is 0.241. The molecule has 5 rings (SSSR count). The molecule has 8 heteroatoms. The minimum Gasteiger partial charge on any atom is -0.496 e. The summed E-state index contributed by atoms with van der Waals surface area (Å²) in [6.07, 6.45) is 2.08. The molecule has 1 fully saturated rings. The maximum absolute atomic E-state index is 13.0. The molecule has 0 radical (unpaired) electrons. The summed E-state index contributed by atoms with van der Waals surface area (Å²) in [5, 5.41) is 2.88. The zero-order valence-electron chi connectivity index (χ0n) is 20.5. The van der Waals surface area contributed by atoms with Crippen molar-refractivity contribution in [1.82, 2.24) is 15.1 Å². The molecular formula is C29H27N3O5. The van der Waals surface area contributed by atoms with Crippen molar-refractivity contribution in [1.29, 1.82) is 0 Å². The Morgan fingerprint density at radius 3 is 2.11 bits per heavy atom. The number of imide groups is 1. The highest BCUT2D eigenvalue weighted by molar-refractivity contribution is 6.21. The van der Waals surface area contributed by atoms with E-state index < -0.39 is 0 Å². The SMILES string of the molecule is COc1ccc(CN2C(=O)c3ccccc3C2=O)cc1C(=O)NCc1ccc(C(=O)N2CCCC2)cc1. The van der Waals surface area contributed by atoms with Crippen LogP contribution in [0.5, 0.6) is 5.75 Å². The molecule has 0 aliphatic carbocycles. The highest BCUT2D eigenvalue weighted by Crippen LogP contribution is 2.26. The summed E-state index contributed by atoms with van der Waals surface area (Å²) in [5.74, 6) is -0.635. The van der Waals surface area contributed by atoms with Crippen molar-refractivity contribution in [3.8, 4) is 5.75 Å². The first-order valence-electron chi connectivity index (χ1n) is 12.2. The van der Waals surface area contributed by atoms with Crippen LogP contribution in [0.15, 0.2) is 66.7 Å². The largest absolute Gasteiger partial charge is 0.496 e. The van der Waals surface area contributed by atoms with Gasteiger partial charge >= 0.3 is 0 Å². The number of rotatable bonds is 7. The number of nitrogens with one attached hydrogen (secondary N) is 1. The highest BCUT2D eigenvalue weighted by atomic mass is 16.5. The first kappa shape index (κ1) is 24.2. The lowest BCUT2D eigenvalue weighted by Crippen LogP contribution is -2.29. The van der Waals surface area contributed by atoms with E-state index in [9.17, 15) is 19.2 Å². The van der Waals surface area contributed by atoms with Crippen molar-refractivity contribution >= 4 is 23.6 Å². The summed E-state index contributed by atoms with van der Waals surface area (Å²) in [6.45, 7) is 1.90. The number of methoxy groups -OCH3 is 1. The molecule has 3 aromatic carbocycles. The predicted molar refractivity (Wildman–Crippen MR) is 136 cm³/mol. The zero-order valence-corrected chi connectivity index (χ0v) is 20.5. The summed E-state index contributed by atoms with van der Waals surface area (Å²) in [7, 11) is 1.48. The van der Waals surface area contributed by atoms with Crippen LogP contribution in [0.1, 0.15) is 65.4 Å². The van der Waals surface area contributed by atoms with Crippen LogP contribution in [0.25, 0.3) is 0 Å². The number of hydrogen-bond donors (Lipinski definition) is 1. The van der Waals surface area contributed by atoms with Gasteiger partial charge in [-0.05, 0) is 60.4 Å². The van der Waals surface area contributed by atoms with Gasteiger partial charge in [-0.25, -0.2) is 0 Å². The average molecular weight is 498 g/mol. The van der Waals surface area contributed by atoms with Gasteiger partial charge in [-0.1, -0.05) is 30.3 Å². The number of benzene rings is 3. The molecule has 2 heterocycles. The van der Waals surface area contributed by atoms with E-state index in [1.54, 1.807) is 54.6 Å². The van der Waals surface area contributed by atoms with Crippen LogP contribution in [0.3, 0.4) is 0 Å². The number of fused-ring (bicyclic) bond motifs is 1. The van der Waals surface area contributed by atoms with Crippen LogP contribution in [0, 0.1) is 0 Å². The van der Waals surface area contributed by atoms with Gasteiger partial charge in [0.05, 0.1) is 30.3 Å². The van der Waals surface area contributed by atoms with Crippen molar-refractivity contribution in [2.45, 2.75) is 25.9 Å². The molecule has 0 aromatic heterocycles. The standard InChI is InChI=1S/C29H27N3O5/c1-37-25-13-10-20(18-32-28(35)22-6-2-3-7-23(22)29(32)36)16-24(25)26(33)30-17-19-8-11-21(12-9-19)27(34)31-14-4-5-15-31/h2-3,6-13,16H,4-5,14-15,17-18H2,1H3,(H,30,33). The van der Waals surface area contributed by atoms with Crippen molar-refractivity contribution in [2.24, 2.45) is 0 Å². The molecular weight excluding hydrogens is 470 g/mol. The number of likely N-dealkylation sites (tertiary alicyclic amines) is 1. The lowest BCUT2D eigenvalue weighted by atomic mass is 10.1. The molecule has 2 aliphatic heterocycles. The van der Waals surface area contributed by atoms with Crippen LogP contribution in [-0.4, -0.2) is 53.6 Å². The summed E-state index contributed by atoms with van der Waals surface area (Å²) in [4.78, 5) is 54.1. The summed E-state index contributed by atoms with van der Waals surface area (Å²) in [5.41, 5.74) is 3.19. The fourth-order valence-electron chi connectivity index (χ4n) is 4.74. The quantitative estimate of drug-likeness (QED) is 0.503. The normalized spacial score (nSPS) is 14.6. The molecule has 3 aromatic rings. The zero-order chi connectivity index (χ0) is 25.9. The topological polar surface area (TPSA) is 96.0 Å². The second kappa shape index (κ2) is 10.3. The Morgan fingerprint density at radius 1 is 0.865 bits per heavy atom. The third-order valence-electron chi connectivity index (χ3n) is 6.77. The molecule has 0 spiro atoms. The summed E-state index contributed by atoms with van der Waals surface area (Å²) >= 11 is 0. The number of ether oxygens (including phenoxy) is 1. The van der Waals surface area contributed by atoms with Crippen LogP contribution in [-0.2, 0) is 13.1 Å². The molecule has 2 aliphatic rings. The Balaban J connectivity index is 1.26. The van der Waals surface area contributed by atoms with E-state index in [1.165, 1.54) is 12.0 Å². The highest BCUT2D eigenvalue weighted by Gasteiger charge is 2.35. The van der Waals surface area contributed by atoms with Gasteiger partial charge in [-0.15, -0.1) is 0 Å². The second-order valence-electron chi connectivity index (χ2n) is 9.16. The monoisotopic (exact) mass is 497 g/mol. The van der Waals surface area contributed by atoms with Gasteiger partial charge in [0.1, 0.15) is 5.75 Å². The van der Waals surface area contributed by atoms with E-state index in [0.29, 0.717) is 33.6 Å². The van der Waals surface area contributed by atoms with Crippen LogP contribution in [0.4, 0.5) is 0 Å². The summed E-state index contributed by atoms with van der Waals surface area (Å²) < 4.78 is 5.38. The Hall–Kier alpha value is -4.46. The van der Waals surface area contributed by atoms with Crippen LogP contribution < -0.4 is 10.1 Å². The van der Waals surface area contributed by atoms with Crippen molar-refractivity contribution in [3.05, 3.63) is 100 Å². The Labute approximate surface area is 214 Å². The van der Waals surface area contributed by atoms with E-state index in [4.69, 9.17) is 4.74 Å². The van der Waals surface area contributed by atoms with Crippen molar-refractivity contribution in [3.63, 3.8) is 0 Å². The minimum atomic E-state index is -0.353. The molecule has 1 saturated heterocycles. The summed E-state index contributed by atoms with van der Waals surface area (Å²) in [6, 6.07) is 19.0. The molecule has 1 N–H and O–H groups in total. The van der Waals surface area contributed by atoms with E-state index in [-0.39, 0.29) is 36.7 Å². The predicted octanol–water partition coefficient (Wildman–Crippen LogP) is 3.66. The van der Waals surface area contributed by atoms with E-state index in [2.05, 4.69) is 5.32 Å². The number of hydrogen-bond acceptors (Lipinski definition) is 5. The molecule has 0 bridgehead atoms. The van der Waals surface area contributed by atoms with Crippen molar-refractivity contribution < 1.29 is 23.9 Å². The van der Waals surface area contributed by atoms with Gasteiger partial charge in [-0.2, -0.15) is 0 Å². The average Bonchev–Trinajstić information content (AvgIpc) is 3.56. The second-order valence-corrected chi connectivity index (χ2v) is 9.16. The molecule has 0 unspecified atom stereocenters. The number of carbonyl (C=O) groups is 4. The number of amides is 4. The van der Waals surface area contributed by atoms with Gasteiger partial charge in [0, 0.05) is 25.2 Å². The van der Waals surface area contributed by atoms with Gasteiger partial charge in [0.15, 0.2) is 0 Å². The van der Waals surface area contributed by atoms with Crippen molar-refractivity contribution in [2.75, 3.05) is 20.2 Å². The van der Waals surface area contributed by atoms with Gasteiger partial charge in [-0.3, -0.25) is 24.1 Å². The van der Waals surface area contributed by atoms with Gasteiger partial charge in [0.25, 0.3) is 23.6 Å². The molecule has 0 saturated carbocycles. The van der Waals surface area contributed by atoms with Crippen LogP contribution >= 0.6 is 0 Å². The lowest BCUT2D eigenvalue weighted by Gasteiger charge is -2.16. The smallest absolute Gasteiger partial charge is 0.261 e. The number of carbonyl (C=O) groups excluding carboxylic acids is 4. The third kappa shape index (κ3) is 4.82. The molecule has 8 nitrogen and oxygen atoms in total. The molecule has 0 atom stereocenters. The van der Waals surface area contributed by atoms with Gasteiger partial charge in [0.2, 0.25) is 0 Å². The first-order valence-corrected chi connectivity index (χ1v) is 12.2. The molecule has 37 heavy (non-hydrogen) atoms. The third-order valence-corrected chi connectivity index (χ3v) is 6.77. The maximum atomic E-state index is 13.0. The van der Waals surface area contributed by atoms with E-state index in [0.717, 1.165) is 31.5 Å². The van der Waals surface area contributed by atoms with Gasteiger partial charge < -0.3 is 15.0 Å². The molecule has 4 amide bonds. The number of nitrogens with zero attached hydrogens (tertiary/aromatic N) is 2.